The van der Waals surface area contributed by atoms with Gasteiger partial charge in [0.15, 0.2) is 5.96 Å². The normalized spacial score (nSPS) is 26.2. The summed E-state index contributed by atoms with van der Waals surface area (Å²) in [4.78, 5) is 9.19. The van der Waals surface area contributed by atoms with E-state index in [1.54, 1.807) is 12.1 Å². The molecular formula is C19H30FIN4. The van der Waals surface area contributed by atoms with Crippen LogP contribution in [0.2, 0.25) is 0 Å². The minimum atomic E-state index is -0.0975. The van der Waals surface area contributed by atoms with Gasteiger partial charge in [-0.2, -0.15) is 0 Å². The van der Waals surface area contributed by atoms with Crippen LogP contribution in [0.4, 0.5) is 4.39 Å². The summed E-state index contributed by atoms with van der Waals surface area (Å²) in [5.41, 5.74) is 0.820. The predicted octanol–water partition coefficient (Wildman–Crippen LogP) is 3.29. The van der Waals surface area contributed by atoms with Crippen molar-refractivity contribution in [3.8, 4) is 0 Å². The van der Waals surface area contributed by atoms with Crippen LogP contribution in [-0.4, -0.2) is 61.6 Å². The fourth-order valence-electron chi connectivity index (χ4n) is 3.91. The van der Waals surface area contributed by atoms with Crippen LogP contribution in [0.15, 0.2) is 29.3 Å². The Labute approximate surface area is 167 Å². The van der Waals surface area contributed by atoms with Gasteiger partial charge in [-0.05, 0) is 44.0 Å². The molecule has 1 aromatic carbocycles. The number of halogens is 2. The third-order valence-corrected chi connectivity index (χ3v) is 5.37. The molecule has 2 fully saturated rings. The van der Waals surface area contributed by atoms with E-state index in [4.69, 9.17) is 0 Å². The quantitative estimate of drug-likeness (QED) is 0.416. The van der Waals surface area contributed by atoms with Gasteiger partial charge in [0.2, 0.25) is 0 Å². The third kappa shape index (κ3) is 4.84. The molecule has 1 saturated heterocycles. The van der Waals surface area contributed by atoms with E-state index in [2.05, 4.69) is 34.1 Å². The van der Waals surface area contributed by atoms with Gasteiger partial charge in [0.25, 0.3) is 0 Å². The second-order valence-corrected chi connectivity index (χ2v) is 6.97. The van der Waals surface area contributed by atoms with Crippen molar-refractivity contribution >= 4 is 29.9 Å². The Morgan fingerprint density at radius 2 is 2.16 bits per heavy atom. The van der Waals surface area contributed by atoms with Crippen molar-refractivity contribution in [2.24, 2.45) is 4.99 Å². The first-order valence-corrected chi connectivity index (χ1v) is 9.07. The highest BCUT2D eigenvalue weighted by atomic mass is 127. The van der Waals surface area contributed by atoms with Crippen LogP contribution in [0.1, 0.15) is 37.7 Å². The number of benzene rings is 1. The van der Waals surface area contributed by atoms with Crippen LogP contribution in [-0.2, 0) is 0 Å². The number of guanidine groups is 1. The highest BCUT2D eigenvalue weighted by molar-refractivity contribution is 14.0. The van der Waals surface area contributed by atoms with Gasteiger partial charge in [-0.15, -0.1) is 24.0 Å². The molecule has 1 N–H and O–H groups in total. The SMILES string of the molecule is CCN1CCCC1CN(C)C(=NC)NC1CC1c1ccccc1F.I. The van der Waals surface area contributed by atoms with E-state index in [0.29, 0.717) is 6.04 Å². The number of likely N-dealkylation sites (tertiary alicyclic amines) is 1. The largest absolute Gasteiger partial charge is 0.353 e. The minimum Gasteiger partial charge on any atom is -0.353 e. The van der Waals surface area contributed by atoms with Crippen molar-refractivity contribution < 1.29 is 4.39 Å². The molecule has 4 nitrogen and oxygen atoms in total. The number of aliphatic imine (C=N–C) groups is 1. The molecule has 1 aliphatic heterocycles. The molecule has 2 aliphatic rings. The number of hydrogen-bond donors (Lipinski definition) is 1. The van der Waals surface area contributed by atoms with Crippen LogP contribution >= 0.6 is 24.0 Å². The summed E-state index contributed by atoms with van der Waals surface area (Å²) in [6.45, 7) is 5.54. The van der Waals surface area contributed by atoms with Gasteiger partial charge in [-0.25, -0.2) is 4.39 Å². The fraction of sp³-hybridized carbons (Fsp3) is 0.632. The zero-order valence-electron chi connectivity index (χ0n) is 15.4. The van der Waals surface area contributed by atoms with Crippen LogP contribution in [0.5, 0.6) is 0 Å². The van der Waals surface area contributed by atoms with Gasteiger partial charge in [0, 0.05) is 38.6 Å². The van der Waals surface area contributed by atoms with E-state index >= 15 is 0 Å². The summed E-state index contributed by atoms with van der Waals surface area (Å²) < 4.78 is 13.9. The first-order valence-electron chi connectivity index (χ1n) is 9.07. The molecule has 25 heavy (non-hydrogen) atoms. The molecule has 3 rings (SSSR count). The smallest absolute Gasteiger partial charge is 0.193 e. The predicted molar refractivity (Wildman–Crippen MR) is 112 cm³/mol. The van der Waals surface area contributed by atoms with E-state index in [1.807, 2.05) is 19.2 Å². The lowest BCUT2D eigenvalue weighted by atomic mass is 10.1. The first kappa shape index (κ1) is 20.4. The summed E-state index contributed by atoms with van der Waals surface area (Å²) in [7, 11) is 3.92. The van der Waals surface area contributed by atoms with Crippen molar-refractivity contribution in [3.05, 3.63) is 35.6 Å². The van der Waals surface area contributed by atoms with Gasteiger partial charge < -0.3 is 10.2 Å². The lowest BCUT2D eigenvalue weighted by molar-refractivity contribution is 0.232. The van der Waals surface area contributed by atoms with E-state index in [0.717, 1.165) is 31.0 Å². The van der Waals surface area contributed by atoms with Gasteiger partial charge >= 0.3 is 0 Å². The summed E-state index contributed by atoms with van der Waals surface area (Å²) in [5.74, 6) is 1.08. The van der Waals surface area contributed by atoms with Crippen molar-refractivity contribution in [2.45, 2.75) is 44.2 Å². The number of likely N-dealkylation sites (N-methyl/N-ethyl adjacent to an activating group) is 2. The molecule has 0 amide bonds. The second-order valence-electron chi connectivity index (χ2n) is 6.97. The van der Waals surface area contributed by atoms with Gasteiger partial charge in [0.05, 0.1) is 0 Å². The average Bonchev–Trinajstić information content (AvgIpc) is 3.20. The van der Waals surface area contributed by atoms with E-state index < -0.39 is 0 Å². The maximum Gasteiger partial charge on any atom is 0.193 e. The Morgan fingerprint density at radius 1 is 1.40 bits per heavy atom. The van der Waals surface area contributed by atoms with Crippen LogP contribution in [0.25, 0.3) is 0 Å². The number of hydrogen-bond acceptors (Lipinski definition) is 2. The molecule has 0 bridgehead atoms. The zero-order chi connectivity index (χ0) is 17.1. The molecule has 1 saturated carbocycles. The third-order valence-electron chi connectivity index (χ3n) is 5.37. The van der Waals surface area contributed by atoms with E-state index in [1.165, 1.54) is 19.4 Å². The van der Waals surface area contributed by atoms with Crippen LogP contribution in [0, 0.1) is 5.82 Å². The average molecular weight is 460 g/mol. The molecule has 140 valence electrons. The molecule has 6 heteroatoms. The molecule has 1 aliphatic carbocycles. The minimum absolute atomic E-state index is 0. The highest BCUT2D eigenvalue weighted by Crippen LogP contribution is 2.41. The first-order chi connectivity index (χ1) is 11.6. The van der Waals surface area contributed by atoms with Crippen molar-refractivity contribution in [1.82, 2.24) is 15.1 Å². The van der Waals surface area contributed by atoms with Crippen molar-refractivity contribution in [2.75, 3.05) is 33.7 Å². The number of rotatable bonds is 5. The Morgan fingerprint density at radius 3 is 2.84 bits per heavy atom. The lowest BCUT2D eigenvalue weighted by Crippen LogP contribution is -2.46. The summed E-state index contributed by atoms with van der Waals surface area (Å²) in [6.07, 6.45) is 3.52. The van der Waals surface area contributed by atoms with E-state index in [-0.39, 0.29) is 41.8 Å². The Bertz CT molecular complexity index is 595. The Kier molecular flexibility index (Phi) is 7.49. The topological polar surface area (TPSA) is 30.9 Å². The maximum atomic E-state index is 13.9. The summed E-state index contributed by atoms with van der Waals surface area (Å²) in [6, 6.07) is 8.00. The number of nitrogens with zero attached hydrogens (tertiary/aromatic N) is 3. The molecule has 1 aromatic rings. The van der Waals surface area contributed by atoms with Gasteiger partial charge in [-0.3, -0.25) is 9.89 Å². The molecule has 3 atom stereocenters. The fourth-order valence-corrected chi connectivity index (χ4v) is 3.91. The van der Waals surface area contributed by atoms with Gasteiger partial charge in [-0.1, -0.05) is 25.1 Å². The molecular weight excluding hydrogens is 430 g/mol. The Balaban J connectivity index is 0.00000225. The molecule has 3 unspecified atom stereocenters. The molecule has 0 radical (unpaired) electrons. The monoisotopic (exact) mass is 460 g/mol. The maximum absolute atomic E-state index is 13.9. The van der Waals surface area contributed by atoms with Crippen molar-refractivity contribution in [1.29, 1.82) is 0 Å². The van der Waals surface area contributed by atoms with Crippen LogP contribution in [0.3, 0.4) is 0 Å². The Hall–Kier alpha value is -0.890. The van der Waals surface area contributed by atoms with Crippen molar-refractivity contribution in [3.63, 3.8) is 0 Å². The van der Waals surface area contributed by atoms with Crippen LogP contribution < -0.4 is 5.32 Å². The molecule has 0 aromatic heterocycles. The molecule has 1 heterocycles. The standard InChI is InChI=1S/C19H29FN4.HI/c1-4-24-11-7-8-14(24)13-23(3)19(21-2)22-18-12-16(18)15-9-5-6-10-17(15)20;/h5-6,9-10,14,16,18H,4,7-8,11-13H2,1-3H3,(H,21,22);1H. The lowest BCUT2D eigenvalue weighted by Gasteiger charge is -2.30. The number of nitrogens with one attached hydrogen (secondary N) is 1. The second kappa shape index (κ2) is 9.16. The summed E-state index contributed by atoms with van der Waals surface area (Å²) in [5, 5.41) is 3.51. The molecule has 0 spiro atoms. The highest BCUT2D eigenvalue weighted by Gasteiger charge is 2.41. The van der Waals surface area contributed by atoms with Gasteiger partial charge in [0.1, 0.15) is 5.82 Å². The van der Waals surface area contributed by atoms with E-state index in [9.17, 15) is 4.39 Å². The summed E-state index contributed by atoms with van der Waals surface area (Å²) >= 11 is 0. The zero-order valence-corrected chi connectivity index (χ0v) is 17.7.